The van der Waals surface area contributed by atoms with E-state index in [1.54, 1.807) is 24.6 Å². The molecule has 6 nitrogen and oxygen atoms in total. The predicted molar refractivity (Wildman–Crippen MR) is 90.7 cm³/mol. The first-order valence-corrected chi connectivity index (χ1v) is 7.96. The average Bonchev–Trinajstić information content (AvgIpc) is 2.79. The smallest absolute Gasteiger partial charge is 0.309 e. The average molecular weight is 341 g/mol. The fourth-order valence-corrected chi connectivity index (χ4v) is 2.82. The van der Waals surface area contributed by atoms with Gasteiger partial charge < -0.3 is 4.57 Å². The molecule has 0 atom stereocenters. The van der Waals surface area contributed by atoms with Crippen molar-refractivity contribution >= 4 is 34.5 Å². The zero-order valence-electron chi connectivity index (χ0n) is 12.6. The Morgan fingerprint density at radius 3 is 2.73 bits per heavy atom. The topological polar surface area (TPSA) is 72.7 Å². The summed E-state index contributed by atoms with van der Waals surface area (Å²) >= 11 is 7.35. The lowest BCUT2D eigenvalue weighted by atomic mass is 10.4. The Morgan fingerprint density at radius 2 is 2.14 bits per heavy atom. The number of hydrogen-bond donors (Lipinski definition) is 1. The molecule has 0 spiro atoms. The Kier molecular flexibility index (Phi) is 4.97. The number of aromatic amines is 1. The van der Waals surface area contributed by atoms with Gasteiger partial charge in [-0.1, -0.05) is 41.6 Å². The summed E-state index contributed by atoms with van der Waals surface area (Å²) in [6, 6.07) is 0. The molecule has 0 amide bonds. The van der Waals surface area contributed by atoms with Gasteiger partial charge in [-0.2, -0.15) is 0 Å². The van der Waals surface area contributed by atoms with E-state index in [0.29, 0.717) is 33.7 Å². The number of nitrogens with one attached hydrogen (secondary N) is 1. The van der Waals surface area contributed by atoms with Crippen molar-refractivity contribution in [3.05, 3.63) is 44.1 Å². The zero-order valence-corrected chi connectivity index (χ0v) is 14.2. The van der Waals surface area contributed by atoms with Crippen molar-refractivity contribution in [2.45, 2.75) is 25.5 Å². The quantitative estimate of drug-likeness (QED) is 0.669. The molecule has 2 aromatic heterocycles. The Balaban J connectivity index is 2.69. The fraction of sp³-hybridized carbons (Fsp3) is 0.357. The van der Waals surface area contributed by atoms with Crippen LogP contribution in [0.3, 0.4) is 0 Å². The van der Waals surface area contributed by atoms with E-state index in [4.69, 9.17) is 11.6 Å². The molecule has 0 saturated carbocycles. The molecule has 0 bridgehead atoms. The van der Waals surface area contributed by atoms with Crippen LogP contribution >= 0.6 is 23.4 Å². The lowest BCUT2D eigenvalue weighted by molar-refractivity contribution is 0.743. The SMILES string of the molecule is C=C(C)CSc1nc2c(c(=O)[nH]c(=O)n2C)n1C/C=C(/C)Cl. The largest absolute Gasteiger partial charge is 0.329 e. The molecule has 0 radical (unpaired) electrons. The third-order valence-corrected chi connectivity index (χ3v) is 4.34. The second-order valence-electron chi connectivity index (χ2n) is 5.03. The Labute approximate surface area is 136 Å². The van der Waals surface area contributed by atoms with Crippen LogP contribution in [0.25, 0.3) is 11.2 Å². The van der Waals surface area contributed by atoms with Crippen molar-refractivity contribution in [1.29, 1.82) is 0 Å². The number of fused-ring (bicyclic) bond motifs is 1. The maximum absolute atomic E-state index is 12.2. The minimum atomic E-state index is -0.484. The summed E-state index contributed by atoms with van der Waals surface area (Å²) in [6.07, 6.45) is 1.79. The van der Waals surface area contributed by atoms with E-state index in [1.807, 2.05) is 6.92 Å². The standard InChI is InChI=1S/C14H17ClN4O2S/c1-8(2)7-22-14-16-11-10(19(14)6-5-9(3)15)12(20)17-13(21)18(11)4/h5H,1,6-7H2,2-4H3,(H,17,20,21)/b9-5-. The third-order valence-electron chi connectivity index (χ3n) is 2.97. The van der Waals surface area contributed by atoms with Crippen molar-refractivity contribution in [2.75, 3.05) is 5.75 Å². The predicted octanol–water partition coefficient (Wildman–Crippen LogP) is 2.23. The number of hydrogen-bond acceptors (Lipinski definition) is 4. The van der Waals surface area contributed by atoms with Crippen LogP contribution < -0.4 is 11.2 Å². The van der Waals surface area contributed by atoms with Crippen molar-refractivity contribution in [1.82, 2.24) is 19.1 Å². The summed E-state index contributed by atoms with van der Waals surface area (Å²) < 4.78 is 3.09. The molecule has 0 aliphatic heterocycles. The molecule has 8 heteroatoms. The van der Waals surface area contributed by atoms with Gasteiger partial charge in [0.2, 0.25) is 0 Å². The third kappa shape index (κ3) is 3.36. The van der Waals surface area contributed by atoms with Gasteiger partial charge >= 0.3 is 5.69 Å². The van der Waals surface area contributed by atoms with Crippen molar-refractivity contribution in [3.8, 4) is 0 Å². The van der Waals surface area contributed by atoms with Crippen molar-refractivity contribution in [3.63, 3.8) is 0 Å². The van der Waals surface area contributed by atoms with Gasteiger partial charge in [0, 0.05) is 24.4 Å². The van der Waals surface area contributed by atoms with Crippen LogP contribution in [0.15, 0.2) is 38.0 Å². The monoisotopic (exact) mass is 340 g/mol. The van der Waals surface area contributed by atoms with Gasteiger partial charge in [0.15, 0.2) is 16.3 Å². The maximum Gasteiger partial charge on any atom is 0.329 e. The van der Waals surface area contributed by atoms with Crippen LogP contribution in [0.4, 0.5) is 0 Å². The first kappa shape index (κ1) is 16.6. The molecule has 22 heavy (non-hydrogen) atoms. The lowest BCUT2D eigenvalue weighted by Crippen LogP contribution is -2.29. The summed E-state index contributed by atoms with van der Waals surface area (Å²) in [5.41, 5.74) is 0.783. The molecule has 2 heterocycles. The van der Waals surface area contributed by atoms with E-state index in [0.717, 1.165) is 5.57 Å². The number of rotatable bonds is 5. The minimum Gasteiger partial charge on any atom is -0.309 e. The van der Waals surface area contributed by atoms with Gasteiger partial charge in [0.1, 0.15) is 0 Å². The molecular formula is C14H17ClN4O2S. The molecule has 0 saturated heterocycles. The fourth-order valence-electron chi connectivity index (χ4n) is 1.90. The Bertz CT molecular complexity index is 871. The summed E-state index contributed by atoms with van der Waals surface area (Å²) in [5.74, 6) is 0.679. The van der Waals surface area contributed by atoms with Crippen molar-refractivity contribution in [2.24, 2.45) is 7.05 Å². The number of H-pyrrole nitrogens is 1. The molecule has 1 N–H and O–H groups in total. The number of allylic oxidation sites excluding steroid dienone is 2. The molecule has 0 fully saturated rings. The van der Waals surface area contributed by atoms with Gasteiger partial charge in [0.05, 0.1) is 0 Å². The van der Waals surface area contributed by atoms with Gasteiger partial charge in [-0.25, -0.2) is 9.78 Å². The molecule has 0 aromatic carbocycles. The first-order valence-electron chi connectivity index (χ1n) is 6.60. The van der Waals surface area contributed by atoms with Crippen LogP contribution in [-0.4, -0.2) is 24.9 Å². The lowest BCUT2D eigenvalue weighted by Gasteiger charge is -2.05. The summed E-state index contributed by atoms with van der Waals surface area (Å²) in [6.45, 7) is 7.96. The molecule has 0 unspecified atom stereocenters. The highest BCUT2D eigenvalue weighted by Crippen LogP contribution is 2.23. The van der Waals surface area contributed by atoms with E-state index >= 15 is 0 Å². The highest BCUT2D eigenvalue weighted by atomic mass is 35.5. The summed E-state index contributed by atoms with van der Waals surface area (Å²) in [5, 5.41) is 1.28. The molecular weight excluding hydrogens is 324 g/mol. The Hall–Kier alpha value is -1.73. The summed E-state index contributed by atoms with van der Waals surface area (Å²) in [7, 11) is 1.58. The highest BCUT2D eigenvalue weighted by Gasteiger charge is 2.16. The van der Waals surface area contributed by atoms with E-state index in [2.05, 4.69) is 16.5 Å². The molecule has 2 aromatic rings. The number of aromatic nitrogens is 4. The van der Waals surface area contributed by atoms with E-state index < -0.39 is 11.2 Å². The minimum absolute atomic E-state index is 0.360. The first-order chi connectivity index (χ1) is 10.3. The number of nitrogens with zero attached hydrogens (tertiary/aromatic N) is 3. The van der Waals surface area contributed by atoms with Crippen LogP contribution in [-0.2, 0) is 13.6 Å². The highest BCUT2D eigenvalue weighted by molar-refractivity contribution is 7.99. The van der Waals surface area contributed by atoms with E-state index in [9.17, 15) is 9.59 Å². The summed E-state index contributed by atoms with van der Waals surface area (Å²) in [4.78, 5) is 30.6. The number of imidazole rings is 1. The second kappa shape index (κ2) is 6.58. The van der Waals surface area contributed by atoms with Gasteiger partial charge in [-0.3, -0.25) is 14.3 Å². The number of aryl methyl sites for hydroxylation is 1. The van der Waals surface area contributed by atoms with E-state index in [1.165, 1.54) is 16.3 Å². The van der Waals surface area contributed by atoms with Crippen LogP contribution in [0.1, 0.15) is 13.8 Å². The van der Waals surface area contributed by atoms with Crippen molar-refractivity contribution < 1.29 is 0 Å². The van der Waals surface area contributed by atoms with Gasteiger partial charge in [-0.15, -0.1) is 0 Å². The van der Waals surface area contributed by atoms with Gasteiger partial charge in [0.25, 0.3) is 5.56 Å². The van der Waals surface area contributed by atoms with E-state index in [-0.39, 0.29) is 0 Å². The van der Waals surface area contributed by atoms with Gasteiger partial charge in [-0.05, 0) is 13.8 Å². The Morgan fingerprint density at radius 1 is 1.45 bits per heavy atom. The second-order valence-corrected chi connectivity index (χ2v) is 6.57. The number of halogens is 1. The molecule has 2 rings (SSSR count). The normalized spacial score (nSPS) is 12.1. The van der Waals surface area contributed by atoms with Crippen LogP contribution in [0.2, 0.25) is 0 Å². The number of thioether (sulfide) groups is 1. The molecule has 0 aliphatic carbocycles. The molecule has 0 aliphatic rings. The van der Waals surface area contributed by atoms with Crippen LogP contribution in [0.5, 0.6) is 0 Å². The zero-order chi connectivity index (χ0) is 16.4. The van der Waals surface area contributed by atoms with Crippen LogP contribution in [0, 0.1) is 0 Å². The maximum atomic E-state index is 12.2. The molecule has 118 valence electrons.